The van der Waals surface area contributed by atoms with Crippen molar-refractivity contribution in [3.05, 3.63) is 76.4 Å². The molecule has 3 rings (SSSR count). The molecule has 0 fully saturated rings. The molecule has 0 saturated heterocycles. The van der Waals surface area contributed by atoms with Gasteiger partial charge in [-0.05, 0) is 57.0 Å². The van der Waals surface area contributed by atoms with Crippen molar-refractivity contribution < 1.29 is 14.3 Å². The standard InChI is InChI=1S/C21H18BrNO3S2/c1-3-9-27-21-23-17(20(24)28-21)11-15-10-16(22)19(18(12-15)25-2)26-13-14-7-5-4-6-8-14/h3-8,10-12H,1,9,13H2,2H3/b17-11+. The highest BCUT2D eigenvalue weighted by atomic mass is 79.9. The van der Waals surface area contributed by atoms with E-state index in [9.17, 15) is 4.79 Å². The largest absolute Gasteiger partial charge is 0.493 e. The minimum Gasteiger partial charge on any atom is -0.493 e. The van der Waals surface area contributed by atoms with Gasteiger partial charge in [-0.2, -0.15) is 0 Å². The quantitative estimate of drug-likeness (QED) is 0.367. The first kappa shape index (κ1) is 20.8. The van der Waals surface area contributed by atoms with Crippen LogP contribution in [0.4, 0.5) is 0 Å². The highest BCUT2D eigenvalue weighted by Crippen LogP contribution is 2.38. The van der Waals surface area contributed by atoms with E-state index in [2.05, 4.69) is 27.5 Å². The van der Waals surface area contributed by atoms with Crippen LogP contribution < -0.4 is 9.47 Å². The number of nitrogens with zero attached hydrogens (tertiary/aromatic N) is 1. The predicted octanol–water partition coefficient (Wildman–Crippen LogP) is 5.93. The average molecular weight is 476 g/mol. The van der Waals surface area contributed by atoms with Crippen LogP contribution in [-0.4, -0.2) is 22.4 Å². The number of thioether (sulfide) groups is 2. The van der Waals surface area contributed by atoms with Crippen molar-refractivity contribution in [2.75, 3.05) is 12.9 Å². The Hall–Kier alpha value is -1.96. The third-order valence-corrected chi connectivity index (χ3v) is 6.30. The van der Waals surface area contributed by atoms with Gasteiger partial charge in [-0.1, -0.05) is 48.2 Å². The first-order valence-corrected chi connectivity index (χ1v) is 11.0. The summed E-state index contributed by atoms with van der Waals surface area (Å²) in [4.78, 5) is 16.6. The van der Waals surface area contributed by atoms with Crippen LogP contribution in [0.1, 0.15) is 11.1 Å². The first-order valence-electron chi connectivity index (χ1n) is 8.41. The summed E-state index contributed by atoms with van der Waals surface area (Å²) in [6, 6.07) is 13.6. The molecule has 1 aliphatic heterocycles. The van der Waals surface area contributed by atoms with Gasteiger partial charge in [0.25, 0.3) is 0 Å². The number of ether oxygens (including phenoxy) is 2. The molecule has 4 nitrogen and oxygen atoms in total. The lowest BCUT2D eigenvalue weighted by Crippen LogP contribution is -1.99. The lowest BCUT2D eigenvalue weighted by Gasteiger charge is -2.13. The summed E-state index contributed by atoms with van der Waals surface area (Å²) in [6.07, 6.45) is 3.54. The lowest BCUT2D eigenvalue weighted by atomic mass is 10.1. The van der Waals surface area contributed by atoms with Gasteiger partial charge in [-0.15, -0.1) is 6.58 Å². The normalized spacial score (nSPS) is 14.9. The van der Waals surface area contributed by atoms with E-state index in [0.29, 0.717) is 23.8 Å². The Labute approximate surface area is 181 Å². The number of benzene rings is 2. The van der Waals surface area contributed by atoms with Gasteiger partial charge in [-0.25, -0.2) is 4.99 Å². The van der Waals surface area contributed by atoms with Crippen molar-refractivity contribution in [3.8, 4) is 11.5 Å². The number of carbonyl (C=O) groups excluding carboxylic acids is 1. The van der Waals surface area contributed by atoms with Gasteiger partial charge in [0.2, 0.25) is 5.12 Å². The molecule has 0 spiro atoms. The molecule has 0 bridgehead atoms. The zero-order valence-electron chi connectivity index (χ0n) is 15.2. The van der Waals surface area contributed by atoms with E-state index < -0.39 is 0 Å². The Morgan fingerprint density at radius 1 is 1.29 bits per heavy atom. The van der Waals surface area contributed by atoms with Crippen molar-refractivity contribution in [2.24, 2.45) is 4.99 Å². The van der Waals surface area contributed by atoms with E-state index in [4.69, 9.17) is 9.47 Å². The maximum atomic E-state index is 12.2. The number of rotatable bonds is 7. The summed E-state index contributed by atoms with van der Waals surface area (Å²) in [7, 11) is 1.59. The van der Waals surface area contributed by atoms with Crippen LogP contribution in [0.25, 0.3) is 6.08 Å². The summed E-state index contributed by atoms with van der Waals surface area (Å²) < 4.78 is 12.9. The van der Waals surface area contributed by atoms with E-state index in [-0.39, 0.29) is 5.12 Å². The molecule has 0 saturated carbocycles. The first-order chi connectivity index (χ1) is 13.6. The second-order valence-electron chi connectivity index (χ2n) is 5.70. The van der Waals surface area contributed by atoms with E-state index in [0.717, 1.165) is 37.5 Å². The fourth-order valence-electron chi connectivity index (χ4n) is 2.43. The summed E-state index contributed by atoms with van der Waals surface area (Å²) in [5.41, 5.74) is 2.29. The number of methoxy groups -OCH3 is 1. The van der Waals surface area contributed by atoms with Crippen molar-refractivity contribution in [1.29, 1.82) is 0 Å². The van der Waals surface area contributed by atoms with Gasteiger partial charge in [0.1, 0.15) is 16.7 Å². The Bertz CT molecular complexity index is 942. The van der Waals surface area contributed by atoms with Gasteiger partial charge in [0.05, 0.1) is 11.6 Å². The van der Waals surface area contributed by atoms with E-state index in [1.165, 1.54) is 11.8 Å². The third-order valence-electron chi connectivity index (χ3n) is 3.71. The Morgan fingerprint density at radius 3 is 2.79 bits per heavy atom. The molecule has 1 aliphatic rings. The van der Waals surface area contributed by atoms with Crippen LogP contribution in [-0.2, 0) is 11.4 Å². The van der Waals surface area contributed by atoms with Crippen molar-refractivity contribution >= 4 is 55.0 Å². The number of aliphatic imine (C=N–C) groups is 1. The van der Waals surface area contributed by atoms with E-state index >= 15 is 0 Å². The van der Waals surface area contributed by atoms with Gasteiger partial charge in [0.15, 0.2) is 11.5 Å². The van der Waals surface area contributed by atoms with Crippen LogP contribution >= 0.6 is 39.5 Å². The lowest BCUT2D eigenvalue weighted by molar-refractivity contribution is -0.107. The van der Waals surface area contributed by atoms with Crippen molar-refractivity contribution in [1.82, 2.24) is 0 Å². The molecular weight excluding hydrogens is 458 g/mol. The monoisotopic (exact) mass is 475 g/mol. The topological polar surface area (TPSA) is 47.9 Å². The molecule has 0 aromatic heterocycles. The Morgan fingerprint density at radius 2 is 2.07 bits per heavy atom. The van der Waals surface area contributed by atoms with Crippen LogP contribution in [0.15, 0.2) is 70.3 Å². The number of halogens is 1. The molecular formula is C21H18BrNO3S2. The van der Waals surface area contributed by atoms with Crippen LogP contribution in [0.2, 0.25) is 0 Å². The van der Waals surface area contributed by atoms with Gasteiger partial charge < -0.3 is 9.47 Å². The minimum absolute atomic E-state index is 0.0638. The number of carbonyl (C=O) groups is 1. The maximum Gasteiger partial charge on any atom is 0.244 e. The van der Waals surface area contributed by atoms with Gasteiger partial charge in [0, 0.05) is 5.75 Å². The van der Waals surface area contributed by atoms with Crippen LogP contribution in [0.3, 0.4) is 0 Å². The molecule has 1 heterocycles. The maximum absolute atomic E-state index is 12.2. The second-order valence-corrected chi connectivity index (χ2v) is 8.79. The molecule has 7 heteroatoms. The summed E-state index contributed by atoms with van der Waals surface area (Å²) in [6.45, 7) is 4.11. The summed E-state index contributed by atoms with van der Waals surface area (Å²) >= 11 is 6.19. The number of hydrogen-bond donors (Lipinski definition) is 0. The molecule has 2 aromatic rings. The molecule has 0 unspecified atom stereocenters. The molecule has 0 aliphatic carbocycles. The molecule has 144 valence electrons. The van der Waals surface area contributed by atoms with Crippen molar-refractivity contribution in [2.45, 2.75) is 6.61 Å². The summed E-state index contributed by atoms with van der Waals surface area (Å²) in [5, 5.41) is -0.0638. The fraction of sp³-hybridized carbons (Fsp3) is 0.143. The average Bonchev–Trinajstić information content (AvgIpc) is 3.05. The molecule has 28 heavy (non-hydrogen) atoms. The van der Waals surface area contributed by atoms with E-state index in [1.54, 1.807) is 19.3 Å². The third kappa shape index (κ3) is 5.31. The summed E-state index contributed by atoms with van der Waals surface area (Å²) in [5.74, 6) is 1.92. The van der Waals surface area contributed by atoms with E-state index in [1.807, 2.05) is 42.5 Å². The molecule has 0 amide bonds. The highest BCUT2D eigenvalue weighted by molar-refractivity contribution is 9.10. The zero-order valence-corrected chi connectivity index (χ0v) is 18.4. The van der Waals surface area contributed by atoms with Crippen LogP contribution in [0, 0.1) is 0 Å². The predicted molar refractivity (Wildman–Crippen MR) is 122 cm³/mol. The SMILES string of the molecule is C=CCSC1=N/C(=C/c2cc(Br)c(OCc3ccccc3)c(OC)c2)C(=O)S1. The molecule has 0 radical (unpaired) electrons. The van der Waals surface area contributed by atoms with Gasteiger partial charge >= 0.3 is 0 Å². The Balaban J connectivity index is 1.82. The zero-order chi connectivity index (χ0) is 19.9. The molecule has 2 aromatic carbocycles. The van der Waals surface area contributed by atoms with Crippen molar-refractivity contribution in [3.63, 3.8) is 0 Å². The number of hydrogen-bond acceptors (Lipinski definition) is 6. The Kier molecular flexibility index (Phi) is 7.42. The smallest absolute Gasteiger partial charge is 0.244 e. The fourth-order valence-corrected chi connectivity index (χ4v) is 4.61. The van der Waals surface area contributed by atoms with Gasteiger partial charge in [-0.3, -0.25) is 4.79 Å². The molecule has 0 atom stereocenters. The minimum atomic E-state index is -0.0638. The van der Waals surface area contributed by atoms with Crippen LogP contribution in [0.5, 0.6) is 11.5 Å². The molecule has 0 N–H and O–H groups in total. The highest BCUT2D eigenvalue weighted by Gasteiger charge is 2.22. The second kappa shape index (κ2) is 10.0.